The monoisotopic (exact) mass is 505 g/mol. The summed E-state index contributed by atoms with van der Waals surface area (Å²) in [5, 5.41) is 11.6. The maximum Gasteiger partial charge on any atom is 0.181 e. The van der Waals surface area contributed by atoms with Crippen molar-refractivity contribution in [3.05, 3.63) is 78.8 Å². The fraction of sp³-hybridized carbons (Fsp3) is 0.179. The van der Waals surface area contributed by atoms with Gasteiger partial charge in [-0.15, -0.1) is 0 Å². The van der Waals surface area contributed by atoms with Crippen molar-refractivity contribution in [1.82, 2.24) is 45.3 Å². The molecule has 1 aliphatic heterocycles. The van der Waals surface area contributed by atoms with E-state index in [4.69, 9.17) is 4.98 Å². The topological polar surface area (TPSA) is 111 Å². The minimum atomic E-state index is -0.269. The third-order valence-electron chi connectivity index (χ3n) is 6.92. The standard InChI is InChI=1S/C28H24FN9/c29-21-9-17(16-38-6-4-30-5-7-38)8-19(10-21)23-14-32-15-24-25(23)35-28(34-24)26-22-11-20(13-33-27(22)37-36-26)18-2-1-3-31-12-18/h1-3,8-15,30H,4-7,16H2,(H,34,35)(H,33,36,37). The molecule has 188 valence electrons. The Morgan fingerprint density at radius 1 is 0.921 bits per heavy atom. The van der Waals surface area contributed by atoms with Gasteiger partial charge >= 0.3 is 0 Å². The van der Waals surface area contributed by atoms with E-state index in [2.05, 4.69) is 40.3 Å². The Morgan fingerprint density at radius 2 is 1.84 bits per heavy atom. The minimum absolute atomic E-state index is 0.269. The average molecular weight is 506 g/mol. The average Bonchev–Trinajstić information content (AvgIpc) is 3.57. The van der Waals surface area contributed by atoms with Crippen LogP contribution in [-0.4, -0.2) is 66.2 Å². The van der Waals surface area contributed by atoms with Gasteiger partial charge in [-0.25, -0.2) is 14.4 Å². The zero-order valence-corrected chi connectivity index (χ0v) is 20.4. The van der Waals surface area contributed by atoms with Gasteiger partial charge in [-0.3, -0.25) is 20.0 Å². The quantitative estimate of drug-likeness (QED) is 0.322. The third kappa shape index (κ3) is 4.19. The Kier molecular flexibility index (Phi) is 5.60. The first-order chi connectivity index (χ1) is 18.7. The molecular weight excluding hydrogens is 481 g/mol. The number of aromatic amines is 2. The second kappa shape index (κ2) is 9.40. The molecule has 0 unspecified atom stereocenters. The minimum Gasteiger partial charge on any atom is -0.335 e. The Bertz CT molecular complexity index is 1750. The number of H-pyrrole nitrogens is 2. The van der Waals surface area contributed by atoms with Gasteiger partial charge in [0.15, 0.2) is 11.5 Å². The summed E-state index contributed by atoms with van der Waals surface area (Å²) in [4.78, 5) is 23.7. The van der Waals surface area contributed by atoms with E-state index in [-0.39, 0.29) is 5.82 Å². The van der Waals surface area contributed by atoms with E-state index in [0.29, 0.717) is 23.5 Å². The van der Waals surface area contributed by atoms with E-state index < -0.39 is 0 Å². The summed E-state index contributed by atoms with van der Waals surface area (Å²) in [7, 11) is 0. The van der Waals surface area contributed by atoms with Gasteiger partial charge in [0.25, 0.3) is 0 Å². The number of piperazine rings is 1. The van der Waals surface area contributed by atoms with Crippen LogP contribution in [0.5, 0.6) is 0 Å². The van der Waals surface area contributed by atoms with Crippen LogP contribution in [0.2, 0.25) is 0 Å². The molecule has 1 aromatic carbocycles. The van der Waals surface area contributed by atoms with Crippen LogP contribution in [0, 0.1) is 5.82 Å². The molecule has 3 N–H and O–H groups in total. The van der Waals surface area contributed by atoms with Crippen molar-refractivity contribution in [3.8, 4) is 33.8 Å². The highest BCUT2D eigenvalue weighted by atomic mass is 19.1. The van der Waals surface area contributed by atoms with Gasteiger partial charge in [-0.1, -0.05) is 6.07 Å². The van der Waals surface area contributed by atoms with E-state index in [1.807, 2.05) is 24.3 Å². The number of hydrogen-bond acceptors (Lipinski definition) is 7. The highest BCUT2D eigenvalue weighted by molar-refractivity contribution is 5.96. The van der Waals surface area contributed by atoms with E-state index in [1.165, 1.54) is 0 Å². The number of aromatic nitrogens is 7. The van der Waals surface area contributed by atoms with Crippen molar-refractivity contribution in [1.29, 1.82) is 0 Å². The molecule has 1 saturated heterocycles. The second-order valence-corrected chi connectivity index (χ2v) is 9.48. The summed E-state index contributed by atoms with van der Waals surface area (Å²) in [5.74, 6) is 0.341. The van der Waals surface area contributed by atoms with Crippen LogP contribution in [0.15, 0.2) is 67.4 Å². The maximum absolute atomic E-state index is 14.7. The Hall–Kier alpha value is -4.54. The van der Waals surface area contributed by atoms with Crippen LogP contribution in [0.3, 0.4) is 0 Å². The van der Waals surface area contributed by atoms with Crippen LogP contribution < -0.4 is 5.32 Å². The number of hydrogen-bond donors (Lipinski definition) is 3. The molecule has 1 fully saturated rings. The molecule has 0 radical (unpaired) electrons. The number of nitrogens with one attached hydrogen (secondary N) is 3. The molecule has 6 aromatic rings. The molecule has 1 aliphatic rings. The lowest BCUT2D eigenvalue weighted by molar-refractivity contribution is 0.233. The largest absolute Gasteiger partial charge is 0.335 e. The third-order valence-corrected chi connectivity index (χ3v) is 6.92. The Balaban J connectivity index is 1.29. The molecule has 38 heavy (non-hydrogen) atoms. The number of pyridine rings is 3. The van der Waals surface area contributed by atoms with Gasteiger partial charge in [-0.05, 0) is 41.5 Å². The van der Waals surface area contributed by atoms with E-state index in [0.717, 1.165) is 70.6 Å². The molecule has 5 aromatic heterocycles. The zero-order valence-electron chi connectivity index (χ0n) is 20.4. The maximum atomic E-state index is 14.7. The van der Waals surface area contributed by atoms with Crippen LogP contribution in [0.25, 0.3) is 55.8 Å². The van der Waals surface area contributed by atoms with Gasteiger partial charge in [0.2, 0.25) is 0 Å². The summed E-state index contributed by atoms with van der Waals surface area (Å²) in [5.41, 5.74) is 7.13. The van der Waals surface area contributed by atoms with Crippen molar-refractivity contribution in [2.75, 3.05) is 26.2 Å². The molecule has 9 nitrogen and oxygen atoms in total. The molecule has 0 saturated carbocycles. The molecule has 0 bridgehead atoms. The predicted molar refractivity (Wildman–Crippen MR) is 144 cm³/mol. The van der Waals surface area contributed by atoms with Crippen LogP contribution in [0.1, 0.15) is 5.56 Å². The van der Waals surface area contributed by atoms with Gasteiger partial charge < -0.3 is 10.3 Å². The first-order valence-electron chi connectivity index (χ1n) is 12.5. The lowest BCUT2D eigenvalue weighted by atomic mass is 10.0. The van der Waals surface area contributed by atoms with Crippen molar-refractivity contribution < 1.29 is 4.39 Å². The summed E-state index contributed by atoms with van der Waals surface area (Å²) in [6.07, 6.45) is 8.80. The molecular formula is C28H24FN9. The van der Waals surface area contributed by atoms with Crippen molar-refractivity contribution in [3.63, 3.8) is 0 Å². The molecule has 0 aliphatic carbocycles. The van der Waals surface area contributed by atoms with Gasteiger partial charge in [0.05, 0.1) is 22.6 Å². The second-order valence-electron chi connectivity index (χ2n) is 9.48. The SMILES string of the molecule is Fc1cc(CN2CCNCC2)cc(-c2cncc3[nH]c(-c4[nH]nc5ncc(-c6cccnc6)cc45)nc23)c1. The summed E-state index contributed by atoms with van der Waals surface area (Å²) in [6, 6.07) is 11.1. The molecule has 10 heteroatoms. The molecule has 0 spiro atoms. The Labute approximate surface area is 217 Å². The number of fused-ring (bicyclic) bond motifs is 2. The first kappa shape index (κ1) is 22.6. The number of benzene rings is 1. The first-order valence-corrected chi connectivity index (χ1v) is 12.5. The zero-order chi connectivity index (χ0) is 25.5. The van der Waals surface area contributed by atoms with Gasteiger partial charge in [0, 0.05) is 74.2 Å². The van der Waals surface area contributed by atoms with E-state index in [9.17, 15) is 4.39 Å². The van der Waals surface area contributed by atoms with Crippen molar-refractivity contribution >= 4 is 22.1 Å². The highest BCUT2D eigenvalue weighted by Crippen LogP contribution is 2.32. The number of halogens is 1. The number of rotatable bonds is 5. The number of nitrogens with zero attached hydrogens (tertiary/aromatic N) is 6. The molecule has 0 atom stereocenters. The summed E-state index contributed by atoms with van der Waals surface area (Å²) in [6.45, 7) is 4.49. The van der Waals surface area contributed by atoms with Crippen molar-refractivity contribution in [2.45, 2.75) is 6.54 Å². The molecule has 7 rings (SSSR count). The van der Waals surface area contributed by atoms with Crippen LogP contribution in [-0.2, 0) is 6.54 Å². The lowest BCUT2D eigenvalue weighted by Crippen LogP contribution is -2.42. The Morgan fingerprint density at radius 3 is 2.71 bits per heavy atom. The van der Waals surface area contributed by atoms with E-state index >= 15 is 0 Å². The highest BCUT2D eigenvalue weighted by Gasteiger charge is 2.18. The van der Waals surface area contributed by atoms with Crippen molar-refractivity contribution in [2.24, 2.45) is 0 Å². The molecule has 6 heterocycles. The molecule has 0 amide bonds. The smallest absolute Gasteiger partial charge is 0.181 e. The van der Waals surface area contributed by atoms with Gasteiger partial charge in [-0.2, -0.15) is 5.10 Å². The normalized spacial score (nSPS) is 14.4. The van der Waals surface area contributed by atoms with Crippen LogP contribution >= 0.6 is 0 Å². The fourth-order valence-corrected chi connectivity index (χ4v) is 5.06. The van der Waals surface area contributed by atoms with Crippen LogP contribution in [0.4, 0.5) is 4.39 Å². The lowest BCUT2D eigenvalue weighted by Gasteiger charge is -2.27. The number of imidazole rings is 1. The van der Waals surface area contributed by atoms with Gasteiger partial charge in [0.1, 0.15) is 11.5 Å². The summed E-state index contributed by atoms with van der Waals surface area (Å²) < 4.78 is 14.7. The fourth-order valence-electron chi connectivity index (χ4n) is 5.06. The summed E-state index contributed by atoms with van der Waals surface area (Å²) >= 11 is 0. The predicted octanol–water partition coefficient (Wildman–Crippen LogP) is 4.17. The van der Waals surface area contributed by atoms with E-state index in [1.54, 1.807) is 43.1 Å².